The van der Waals surface area contributed by atoms with Crippen molar-refractivity contribution in [1.29, 1.82) is 0 Å². The van der Waals surface area contributed by atoms with Gasteiger partial charge in [-0.15, -0.1) is 0 Å². The molecule has 4 heteroatoms. The molecule has 1 aliphatic carbocycles. The molecule has 0 aromatic carbocycles. The highest BCUT2D eigenvalue weighted by atomic mass is 32.2. The summed E-state index contributed by atoms with van der Waals surface area (Å²) in [5.41, 5.74) is 0. The van der Waals surface area contributed by atoms with Gasteiger partial charge in [0, 0.05) is 13.1 Å². The van der Waals surface area contributed by atoms with Gasteiger partial charge in [0.1, 0.15) is 0 Å². The van der Waals surface area contributed by atoms with Crippen LogP contribution in [-0.4, -0.2) is 31.1 Å². The lowest BCUT2D eigenvalue weighted by atomic mass is 10.0. The van der Waals surface area contributed by atoms with Crippen LogP contribution in [0.3, 0.4) is 0 Å². The van der Waals surface area contributed by atoms with Gasteiger partial charge in [-0.2, -0.15) is 0 Å². The van der Waals surface area contributed by atoms with Crippen LogP contribution in [0.1, 0.15) is 46.0 Å². The fourth-order valence-corrected chi connectivity index (χ4v) is 4.23. The molecule has 0 aliphatic heterocycles. The summed E-state index contributed by atoms with van der Waals surface area (Å²) >= 11 is 0. The first kappa shape index (κ1) is 12.0. The van der Waals surface area contributed by atoms with Crippen molar-refractivity contribution in [2.24, 2.45) is 0 Å². The Labute approximate surface area is 87.5 Å². The van der Waals surface area contributed by atoms with E-state index in [4.69, 9.17) is 0 Å². The van der Waals surface area contributed by atoms with Gasteiger partial charge in [0.05, 0.1) is 5.25 Å². The summed E-state index contributed by atoms with van der Waals surface area (Å²) in [7, 11) is -2.99. The molecule has 0 aromatic rings. The van der Waals surface area contributed by atoms with Gasteiger partial charge < -0.3 is 0 Å². The fraction of sp³-hybridized carbons (Fsp3) is 1.00. The SMILES string of the molecule is CCN(CC)S(=O)(=O)C1CCCCC1. The molecule has 0 unspecified atom stereocenters. The molecular weight excluding hydrogens is 198 g/mol. The first-order chi connectivity index (χ1) is 6.62. The van der Waals surface area contributed by atoms with E-state index in [1.54, 1.807) is 4.31 Å². The highest BCUT2D eigenvalue weighted by Crippen LogP contribution is 2.25. The van der Waals surface area contributed by atoms with E-state index in [9.17, 15) is 8.42 Å². The van der Waals surface area contributed by atoms with Crippen LogP contribution in [-0.2, 0) is 10.0 Å². The van der Waals surface area contributed by atoms with Crippen LogP contribution < -0.4 is 0 Å². The first-order valence-corrected chi connectivity index (χ1v) is 7.12. The van der Waals surface area contributed by atoms with Gasteiger partial charge in [-0.25, -0.2) is 12.7 Å². The average Bonchev–Trinajstić information content (AvgIpc) is 2.20. The van der Waals surface area contributed by atoms with Gasteiger partial charge in [0.25, 0.3) is 0 Å². The molecule has 1 rings (SSSR count). The van der Waals surface area contributed by atoms with Crippen LogP contribution in [0.4, 0.5) is 0 Å². The molecule has 0 saturated heterocycles. The molecule has 1 fully saturated rings. The molecule has 0 aromatic heterocycles. The Bertz CT molecular complexity index is 251. The highest BCUT2D eigenvalue weighted by molar-refractivity contribution is 7.89. The van der Waals surface area contributed by atoms with Crippen LogP contribution in [0.2, 0.25) is 0 Å². The van der Waals surface area contributed by atoms with Crippen LogP contribution in [0.25, 0.3) is 0 Å². The molecule has 0 radical (unpaired) electrons. The van der Waals surface area contributed by atoms with Crippen LogP contribution in [0, 0.1) is 0 Å². The largest absolute Gasteiger partial charge is 0.216 e. The summed E-state index contributed by atoms with van der Waals surface area (Å²) in [5.74, 6) is 0. The van der Waals surface area contributed by atoms with Crippen molar-refractivity contribution < 1.29 is 8.42 Å². The molecule has 0 N–H and O–H groups in total. The Hall–Kier alpha value is -0.0900. The second-order valence-corrected chi connectivity index (χ2v) is 6.10. The van der Waals surface area contributed by atoms with Crippen molar-refractivity contribution in [2.75, 3.05) is 13.1 Å². The van der Waals surface area contributed by atoms with Crippen molar-refractivity contribution >= 4 is 10.0 Å². The quantitative estimate of drug-likeness (QED) is 0.725. The maximum atomic E-state index is 12.1. The van der Waals surface area contributed by atoms with E-state index in [-0.39, 0.29) is 5.25 Å². The Morgan fingerprint density at radius 2 is 1.57 bits per heavy atom. The number of rotatable bonds is 4. The highest BCUT2D eigenvalue weighted by Gasteiger charge is 2.30. The van der Waals surface area contributed by atoms with Crippen LogP contribution in [0.5, 0.6) is 0 Å². The molecule has 0 bridgehead atoms. The lowest BCUT2D eigenvalue weighted by molar-refractivity contribution is 0.410. The van der Waals surface area contributed by atoms with Crippen LogP contribution in [0.15, 0.2) is 0 Å². The summed E-state index contributed by atoms with van der Waals surface area (Å²) in [6, 6.07) is 0. The Balaban J connectivity index is 2.71. The van der Waals surface area contributed by atoms with E-state index in [1.165, 1.54) is 6.42 Å². The lowest BCUT2D eigenvalue weighted by Crippen LogP contribution is -2.39. The summed E-state index contributed by atoms with van der Waals surface area (Å²) in [6.45, 7) is 5.03. The van der Waals surface area contributed by atoms with E-state index in [2.05, 4.69) is 0 Å². The molecule has 0 atom stereocenters. The van der Waals surface area contributed by atoms with E-state index in [0.29, 0.717) is 13.1 Å². The zero-order chi connectivity index (χ0) is 10.6. The number of hydrogen-bond donors (Lipinski definition) is 0. The standard InChI is InChI=1S/C10H21NO2S/c1-3-11(4-2)14(12,13)10-8-6-5-7-9-10/h10H,3-9H2,1-2H3. The van der Waals surface area contributed by atoms with Gasteiger partial charge in [-0.05, 0) is 12.8 Å². The summed E-state index contributed by atoms with van der Waals surface area (Å²) in [5, 5.41) is -0.101. The number of sulfonamides is 1. The lowest BCUT2D eigenvalue weighted by Gasteiger charge is -2.27. The molecular formula is C10H21NO2S. The Morgan fingerprint density at radius 1 is 1.07 bits per heavy atom. The summed E-state index contributed by atoms with van der Waals surface area (Å²) in [6.07, 6.45) is 5.07. The smallest absolute Gasteiger partial charge is 0.212 e. The maximum Gasteiger partial charge on any atom is 0.216 e. The number of nitrogens with zero attached hydrogens (tertiary/aromatic N) is 1. The Morgan fingerprint density at radius 3 is 2.00 bits per heavy atom. The molecule has 3 nitrogen and oxygen atoms in total. The van der Waals surface area contributed by atoms with Gasteiger partial charge in [0.15, 0.2) is 0 Å². The molecule has 1 saturated carbocycles. The maximum absolute atomic E-state index is 12.1. The third kappa shape index (κ3) is 2.48. The summed E-state index contributed by atoms with van der Waals surface area (Å²) < 4.78 is 25.7. The van der Waals surface area contributed by atoms with Crippen molar-refractivity contribution in [2.45, 2.75) is 51.2 Å². The third-order valence-electron chi connectivity index (χ3n) is 3.04. The normalized spacial score (nSPS) is 20.2. The molecule has 0 heterocycles. The second kappa shape index (κ2) is 5.12. The molecule has 84 valence electrons. The van der Waals surface area contributed by atoms with Crippen molar-refractivity contribution in [3.8, 4) is 0 Å². The molecule has 0 spiro atoms. The minimum absolute atomic E-state index is 0.101. The monoisotopic (exact) mass is 219 g/mol. The minimum atomic E-state index is -2.99. The predicted molar refractivity (Wildman–Crippen MR) is 58.7 cm³/mol. The third-order valence-corrected chi connectivity index (χ3v) is 5.59. The van der Waals surface area contributed by atoms with Crippen molar-refractivity contribution in [3.05, 3.63) is 0 Å². The zero-order valence-corrected chi connectivity index (χ0v) is 10.0. The minimum Gasteiger partial charge on any atom is -0.212 e. The first-order valence-electron chi connectivity index (χ1n) is 5.61. The van der Waals surface area contributed by atoms with Crippen molar-refractivity contribution in [3.63, 3.8) is 0 Å². The van der Waals surface area contributed by atoms with E-state index in [0.717, 1.165) is 25.7 Å². The topological polar surface area (TPSA) is 37.4 Å². The second-order valence-electron chi connectivity index (χ2n) is 3.89. The zero-order valence-electron chi connectivity index (χ0n) is 9.20. The summed E-state index contributed by atoms with van der Waals surface area (Å²) in [4.78, 5) is 0. The van der Waals surface area contributed by atoms with Gasteiger partial charge in [-0.3, -0.25) is 0 Å². The number of hydrogen-bond acceptors (Lipinski definition) is 2. The Kier molecular flexibility index (Phi) is 4.38. The fourth-order valence-electron chi connectivity index (χ4n) is 2.16. The van der Waals surface area contributed by atoms with Gasteiger partial charge in [-0.1, -0.05) is 33.1 Å². The van der Waals surface area contributed by atoms with Gasteiger partial charge in [0.2, 0.25) is 10.0 Å². The molecule has 1 aliphatic rings. The van der Waals surface area contributed by atoms with Crippen LogP contribution >= 0.6 is 0 Å². The predicted octanol–water partition coefficient (Wildman–Crippen LogP) is 1.99. The molecule has 14 heavy (non-hydrogen) atoms. The average molecular weight is 219 g/mol. The van der Waals surface area contributed by atoms with E-state index < -0.39 is 10.0 Å². The van der Waals surface area contributed by atoms with E-state index in [1.807, 2.05) is 13.8 Å². The van der Waals surface area contributed by atoms with E-state index >= 15 is 0 Å². The molecule has 0 amide bonds. The van der Waals surface area contributed by atoms with Crippen molar-refractivity contribution in [1.82, 2.24) is 4.31 Å². The van der Waals surface area contributed by atoms with Gasteiger partial charge >= 0.3 is 0 Å².